The van der Waals surface area contributed by atoms with Crippen LogP contribution in [0.15, 0.2) is 48.8 Å². The Hall–Kier alpha value is -2.76. The van der Waals surface area contributed by atoms with Gasteiger partial charge in [-0.05, 0) is 23.8 Å². The van der Waals surface area contributed by atoms with Crippen LogP contribution in [0.4, 0.5) is 4.39 Å². The van der Waals surface area contributed by atoms with Gasteiger partial charge in [0.2, 0.25) is 0 Å². The number of ether oxygens (including phenoxy) is 1. The second-order valence-corrected chi connectivity index (χ2v) is 4.59. The smallest absolute Gasteiger partial charge is 0.328 e. The fraction of sp³-hybridized carbons (Fsp3) is 0.188. The highest BCUT2D eigenvalue weighted by molar-refractivity contribution is 5.96. The van der Waals surface area contributed by atoms with Crippen molar-refractivity contribution in [1.82, 2.24) is 10.3 Å². The van der Waals surface area contributed by atoms with Gasteiger partial charge in [0.15, 0.2) is 0 Å². The molecule has 1 amide bonds. The Balaban J connectivity index is 2.15. The summed E-state index contributed by atoms with van der Waals surface area (Å²) in [6.45, 7) is 0. The monoisotopic (exact) mass is 302 g/mol. The van der Waals surface area contributed by atoms with E-state index < -0.39 is 23.7 Å². The largest absolute Gasteiger partial charge is 0.467 e. The summed E-state index contributed by atoms with van der Waals surface area (Å²) in [7, 11) is 1.22. The maximum atomic E-state index is 13.7. The minimum absolute atomic E-state index is 0.00531. The summed E-state index contributed by atoms with van der Waals surface area (Å²) in [6.07, 6.45) is 2.92. The molecule has 0 aliphatic heterocycles. The van der Waals surface area contributed by atoms with E-state index >= 15 is 0 Å². The number of benzene rings is 1. The van der Waals surface area contributed by atoms with Crippen molar-refractivity contribution < 1.29 is 18.7 Å². The highest BCUT2D eigenvalue weighted by atomic mass is 19.1. The third-order valence-electron chi connectivity index (χ3n) is 3.10. The number of halogens is 1. The highest BCUT2D eigenvalue weighted by Gasteiger charge is 2.23. The first-order valence-electron chi connectivity index (χ1n) is 6.64. The van der Waals surface area contributed by atoms with E-state index in [0.717, 1.165) is 0 Å². The molecule has 0 saturated carbocycles. The van der Waals surface area contributed by atoms with Gasteiger partial charge in [-0.2, -0.15) is 0 Å². The lowest BCUT2D eigenvalue weighted by atomic mass is 10.0. The molecule has 1 aromatic carbocycles. The fourth-order valence-corrected chi connectivity index (χ4v) is 1.96. The highest BCUT2D eigenvalue weighted by Crippen LogP contribution is 2.10. The number of hydrogen-bond acceptors (Lipinski definition) is 4. The molecule has 1 aromatic heterocycles. The van der Waals surface area contributed by atoms with Gasteiger partial charge in [0.25, 0.3) is 5.91 Å². The lowest BCUT2D eigenvalue weighted by Crippen LogP contribution is -2.43. The molecule has 2 rings (SSSR count). The Morgan fingerprint density at radius 2 is 2.05 bits per heavy atom. The maximum Gasteiger partial charge on any atom is 0.328 e. The standard InChI is InChI=1S/C16H15FN2O3/c1-22-16(21)14(9-11-5-2-3-7-13(11)17)19-15(20)12-6-4-8-18-10-12/h2-8,10,14H,9H2,1H3,(H,19,20)/t14-/m1/s1. The van der Waals surface area contributed by atoms with E-state index in [1.807, 2.05) is 0 Å². The van der Waals surface area contributed by atoms with E-state index in [2.05, 4.69) is 15.0 Å². The second kappa shape index (κ2) is 7.31. The van der Waals surface area contributed by atoms with Gasteiger partial charge in [-0.25, -0.2) is 9.18 Å². The number of nitrogens with one attached hydrogen (secondary N) is 1. The van der Waals surface area contributed by atoms with Gasteiger partial charge in [-0.3, -0.25) is 9.78 Å². The van der Waals surface area contributed by atoms with Crippen LogP contribution < -0.4 is 5.32 Å². The summed E-state index contributed by atoms with van der Waals surface area (Å²) in [5.74, 6) is -1.55. The molecule has 1 heterocycles. The Morgan fingerprint density at radius 1 is 1.27 bits per heavy atom. The van der Waals surface area contributed by atoms with Crippen LogP contribution in [0.25, 0.3) is 0 Å². The molecule has 0 aliphatic rings. The van der Waals surface area contributed by atoms with Crippen molar-refractivity contribution in [3.63, 3.8) is 0 Å². The van der Waals surface area contributed by atoms with Gasteiger partial charge in [0.1, 0.15) is 11.9 Å². The van der Waals surface area contributed by atoms with Crippen molar-refractivity contribution >= 4 is 11.9 Å². The van der Waals surface area contributed by atoms with Gasteiger partial charge in [0.05, 0.1) is 12.7 Å². The molecule has 0 saturated heterocycles. The van der Waals surface area contributed by atoms with Gasteiger partial charge in [-0.1, -0.05) is 18.2 Å². The molecule has 1 atom stereocenters. The van der Waals surface area contributed by atoms with Crippen LogP contribution in [0.5, 0.6) is 0 Å². The van der Waals surface area contributed by atoms with E-state index in [1.54, 1.807) is 30.3 Å². The number of nitrogens with zero attached hydrogens (tertiary/aromatic N) is 1. The Bertz CT molecular complexity index is 661. The Labute approximate surface area is 127 Å². The van der Waals surface area contributed by atoms with E-state index in [1.165, 1.54) is 25.6 Å². The molecule has 0 spiro atoms. The first-order chi connectivity index (χ1) is 10.6. The van der Waals surface area contributed by atoms with Gasteiger partial charge in [-0.15, -0.1) is 0 Å². The average Bonchev–Trinajstić information content (AvgIpc) is 2.56. The molecule has 0 unspecified atom stereocenters. The number of pyridine rings is 1. The van der Waals surface area contributed by atoms with Crippen LogP contribution in [0.3, 0.4) is 0 Å². The quantitative estimate of drug-likeness (QED) is 0.854. The van der Waals surface area contributed by atoms with Gasteiger partial charge in [0, 0.05) is 18.8 Å². The Kier molecular flexibility index (Phi) is 5.19. The molecule has 0 aliphatic carbocycles. The van der Waals surface area contributed by atoms with Crippen LogP contribution in [0, 0.1) is 5.82 Å². The van der Waals surface area contributed by atoms with Gasteiger partial charge >= 0.3 is 5.97 Å². The number of carbonyl (C=O) groups is 2. The molecule has 6 heteroatoms. The summed E-state index contributed by atoms with van der Waals surface area (Å²) in [5, 5.41) is 2.54. The molecule has 0 fully saturated rings. The minimum Gasteiger partial charge on any atom is -0.467 e. The van der Waals surface area contributed by atoms with Crippen LogP contribution in [0.1, 0.15) is 15.9 Å². The third-order valence-corrected chi connectivity index (χ3v) is 3.10. The molecular formula is C16H15FN2O3. The first-order valence-corrected chi connectivity index (χ1v) is 6.64. The number of carbonyl (C=O) groups excluding carboxylic acids is 2. The Morgan fingerprint density at radius 3 is 2.68 bits per heavy atom. The molecule has 2 aromatic rings. The van der Waals surface area contributed by atoms with Crippen molar-refractivity contribution in [1.29, 1.82) is 0 Å². The zero-order valence-corrected chi connectivity index (χ0v) is 12.0. The number of hydrogen-bond donors (Lipinski definition) is 1. The van der Waals surface area contributed by atoms with Crippen molar-refractivity contribution in [3.05, 3.63) is 65.7 Å². The maximum absolute atomic E-state index is 13.7. The SMILES string of the molecule is COC(=O)[C@@H](Cc1ccccc1F)NC(=O)c1cccnc1. The molecule has 114 valence electrons. The predicted octanol–water partition coefficient (Wildman–Crippen LogP) is 1.73. The number of esters is 1. The third kappa shape index (κ3) is 3.88. The van der Waals surface area contributed by atoms with E-state index in [4.69, 9.17) is 0 Å². The molecular weight excluding hydrogens is 287 g/mol. The zero-order chi connectivity index (χ0) is 15.9. The number of methoxy groups -OCH3 is 1. The number of rotatable bonds is 5. The average molecular weight is 302 g/mol. The predicted molar refractivity (Wildman–Crippen MR) is 77.6 cm³/mol. The summed E-state index contributed by atoms with van der Waals surface area (Å²) in [5.41, 5.74) is 0.634. The molecule has 0 radical (unpaired) electrons. The molecule has 5 nitrogen and oxygen atoms in total. The van der Waals surface area contributed by atoms with E-state index in [0.29, 0.717) is 11.1 Å². The van der Waals surface area contributed by atoms with Crippen LogP contribution >= 0.6 is 0 Å². The first kappa shape index (κ1) is 15.6. The molecule has 22 heavy (non-hydrogen) atoms. The van der Waals surface area contributed by atoms with Crippen LogP contribution in [0.2, 0.25) is 0 Å². The normalized spacial score (nSPS) is 11.5. The van der Waals surface area contributed by atoms with Crippen LogP contribution in [-0.2, 0) is 16.0 Å². The minimum atomic E-state index is -0.977. The molecule has 0 bridgehead atoms. The van der Waals surface area contributed by atoms with Crippen molar-refractivity contribution in [2.45, 2.75) is 12.5 Å². The number of amides is 1. The van der Waals surface area contributed by atoms with Gasteiger partial charge < -0.3 is 10.1 Å². The summed E-state index contributed by atoms with van der Waals surface area (Å²) in [6, 6.07) is 8.28. The van der Waals surface area contributed by atoms with Crippen molar-refractivity contribution in [2.75, 3.05) is 7.11 Å². The fourth-order valence-electron chi connectivity index (χ4n) is 1.96. The summed E-state index contributed by atoms with van der Waals surface area (Å²) < 4.78 is 18.4. The topological polar surface area (TPSA) is 68.3 Å². The second-order valence-electron chi connectivity index (χ2n) is 4.59. The summed E-state index contributed by atoms with van der Waals surface area (Å²) in [4.78, 5) is 27.8. The lowest BCUT2D eigenvalue weighted by molar-refractivity contribution is -0.142. The lowest BCUT2D eigenvalue weighted by Gasteiger charge is -2.17. The molecule has 1 N–H and O–H groups in total. The number of aromatic nitrogens is 1. The van der Waals surface area contributed by atoms with Crippen molar-refractivity contribution in [2.24, 2.45) is 0 Å². The summed E-state index contributed by atoms with van der Waals surface area (Å²) >= 11 is 0. The van der Waals surface area contributed by atoms with E-state index in [-0.39, 0.29) is 6.42 Å². The van der Waals surface area contributed by atoms with Crippen LogP contribution in [-0.4, -0.2) is 30.0 Å². The van der Waals surface area contributed by atoms with E-state index in [9.17, 15) is 14.0 Å². The zero-order valence-electron chi connectivity index (χ0n) is 12.0. The van der Waals surface area contributed by atoms with Crippen molar-refractivity contribution in [3.8, 4) is 0 Å².